The first kappa shape index (κ1) is 7.25. The van der Waals surface area contributed by atoms with Gasteiger partial charge in [0.1, 0.15) is 5.82 Å². The lowest BCUT2D eigenvalue weighted by Gasteiger charge is -2.10. The number of aromatic nitrogens is 1. The molecule has 1 aromatic rings. The fraction of sp³-hybridized carbons (Fsp3) is 0.143. The van der Waals surface area contributed by atoms with Gasteiger partial charge in [-0.05, 0) is 22.0 Å². The van der Waals surface area contributed by atoms with Crippen molar-refractivity contribution in [2.24, 2.45) is 0 Å². The zero-order chi connectivity index (χ0) is 7.84. The zero-order valence-corrected chi connectivity index (χ0v) is 7.96. The first-order valence-electron chi connectivity index (χ1n) is 3.24. The van der Waals surface area contributed by atoms with E-state index in [9.17, 15) is 0 Å². The zero-order valence-electron chi connectivity index (χ0n) is 5.62. The topological polar surface area (TPSA) is 27.8 Å². The van der Waals surface area contributed by atoms with E-state index in [-0.39, 0.29) is 0 Å². The van der Waals surface area contributed by atoms with Crippen LogP contribution in [-0.2, 0) is 0 Å². The molecule has 58 valence electrons. The first-order chi connectivity index (χ1) is 5.27. The fourth-order valence-electron chi connectivity index (χ4n) is 1.08. The number of aromatic amines is 1. The second-order valence-corrected chi connectivity index (χ2v) is 3.71. The van der Waals surface area contributed by atoms with Crippen molar-refractivity contribution in [1.82, 2.24) is 4.98 Å². The number of rotatable bonds is 0. The number of hydrogen-bond donors (Lipinski definition) is 2. The molecule has 0 saturated heterocycles. The number of H-pyrrole nitrogens is 1. The lowest BCUT2D eigenvalue weighted by atomic mass is 10.2. The van der Waals surface area contributed by atoms with E-state index >= 15 is 0 Å². The van der Waals surface area contributed by atoms with Crippen molar-refractivity contribution in [1.29, 1.82) is 0 Å². The van der Waals surface area contributed by atoms with E-state index < -0.39 is 0 Å². The maximum Gasteiger partial charge on any atom is 0.112 e. The summed E-state index contributed by atoms with van der Waals surface area (Å²) in [7, 11) is 0. The molecule has 0 bridgehead atoms. The maximum atomic E-state index is 5.84. The van der Waals surface area contributed by atoms with Crippen molar-refractivity contribution in [3.8, 4) is 0 Å². The highest BCUT2D eigenvalue weighted by atomic mass is 79.9. The normalized spacial score (nSPS) is 15.3. The third-order valence-electron chi connectivity index (χ3n) is 1.60. The third-order valence-corrected chi connectivity index (χ3v) is 2.50. The SMILES string of the molecule is ClC1=Cc2c(Br)c[nH]c2NC1. The number of fused-ring (bicyclic) bond motifs is 1. The van der Waals surface area contributed by atoms with Crippen molar-refractivity contribution in [3.63, 3.8) is 0 Å². The van der Waals surface area contributed by atoms with E-state index in [2.05, 4.69) is 26.2 Å². The Labute approximate surface area is 77.8 Å². The number of halogens is 2. The van der Waals surface area contributed by atoms with E-state index in [1.165, 1.54) is 0 Å². The number of nitrogens with one attached hydrogen (secondary N) is 2. The Bertz CT molecular complexity index is 316. The van der Waals surface area contributed by atoms with E-state index in [4.69, 9.17) is 11.6 Å². The summed E-state index contributed by atoms with van der Waals surface area (Å²) in [5, 5.41) is 3.98. The van der Waals surface area contributed by atoms with Crippen molar-refractivity contribution in [3.05, 3.63) is 21.3 Å². The predicted octanol–water partition coefficient (Wildman–Crippen LogP) is 2.78. The monoisotopic (exact) mass is 232 g/mol. The molecule has 0 spiro atoms. The molecule has 1 aliphatic heterocycles. The smallest absolute Gasteiger partial charge is 0.112 e. The lowest BCUT2D eigenvalue weighted by molar-refractivity contribution is 1.23. The molecule has 0 aromatic carbocycles. The van der Waals surface area contributed by atoms with Gasteiger partial charge < -0.3 is 10.3 Å². The molecule has 2 rings (SSSR count). The molecule has 11 heavy (non-hydrogen) atoms. The van der Waals surface area contributed by atoms with E-state index in [0.717, 1.165) is 20.9 Å². The van der Waals surface area contributed by atoms with Gasteiger partial charge in [-0.25, -0.2) is 0 Å². The predicted molar refractivity (Wildman–Crippen MR) is 50.8 cm³/mol. The Morgan fingerprint density at radius 2 is 2.36 bits per heavy atom. The van der Waals surface area contributed by atoms with Crippen LogP contribution in [0.2, 0.25) is 0 Å². The van der Waals surface area contributed by atoms with Crippen LogP contribution in [0.25, 0.3) is 6.08 Å². The van der Waals surface area contributed by atoms with Gasteiger partial charge in [0, 0.05) is 21.3 Å². The summed E-state index contributed by atoms with van der Waals surface area (Å²) in [4.78, 5) is 3.09. The molecular weight excluding hydrogens is 227 g/mol. The van der Waals surface area contributed by atoms with Crippen LogP contribution < -0.4 is 5.32 Å². The van der Waals surface area contributed by atoms with Crippen molar-refractivity contribution < 1.29 is 0 Å². The van der Waals surface area contributed by atoms with Gasteiger partial charge >= 0.3 is 0 Å². The summed E-state index contributed by atoms with van der Waals surface area (Å²) in [5.41, 5.74) is 1.10. The molecule has 2 nitrogen and oxygen atoms in total. The molecule has 0 radical (unpaired) electrons. The second-order valence-electron chi connectivity index (χ2n) is 2.37. The Morgan fingerprint density at radius 1 is 1.55 bits per heavy atom. The summed E-state index contributed by atoms with van der Waals surface area (Å²) < 4.78 is 1.04. The van der Waals surface area contributed by atoms with E-state index in [1.807, 2.05) is 12.3 Å². The molecule has 0 atom stereocenters. The summed E-state index contributed by atoms with van der Waals surface area (Å²) in [6.07, 6.45) is 3.84. The standard InChI is InChI=1S/C7H6BrClN2/c8-6-3-11-7-5(6)1-4(9)2-10-7/h1,3,10-11H,2H2. The highest BCUT2D eigenvalue weighted by Gasteiger charge is 2.11. The molecule has 0 amide bonds. The average molecular weight is 233 g/mol. The van der Waals surface area contributed by atoms with Gasteiger partial charge in [-0.3, -0.25) is 0 Å². The minimum Gasteiger partial charge on any atom is -0.366 e. The maximum absolute atomic E-state index is 5.84. The van der Waals surface area contributed by atoms with Crippen LogP contribution in [0.5, 0.6) is 0 Å². The summed E-state index contributed by atoms with van der Waals surface area (Å²) >= 11 is 9.24. The fourth-order valence-corrected chi connectivity index (χ4v) is 1.68. The highest BCUT2D eigenvalue weighted by Crippen LogP contribution is 2.30. The Hall–Kier alpha value is -0.410. The molecule has 4 heteroatoms. The number of anilines is 1. The van der Waals surface area contributed by atoms with Crippen LogP contribution in [-0.4, -0.2) is 11.5 Å². The molecule has 0 saturated carbocycles. The quantitative estimate of drug-likeness (QED) is 0.708. The van der Waals surface area contributed by atoms with Crippen LogP contribution in [0, 0.1) is 0 Å². The van der Waals surface area contributed by atoms with Gasteiger partial charge in [0.2, 0.25) is 0 Å². The summed E-state index contributed by atoms with van der Waals surface area (Å²) in [6, 6.07) is 0. The largest absolute Gasteiger partial charge is 0.366 e. The molecule has 2 N–H and O–H groups in total. The van der Waals surface area contributed by atoms with Crippen LogP contribution in [0.3, 0.4) is 0 Å². The van der Waals surface area contributed by atoms with Gasteiger partial charge in [0.15, 0.2) is 0 Å². The average Bonchev–Trinajstić information content (AvgIpc) is 2.33. The minimum absolute atomic E-state index is 0.710. The Morgan fingerprint density at radius 3 is 3.18 bits per heavy atom. The van der Waals surface area contributed by atoms with Crippen molar-refractivity contribution in [2.45, 2.75) is 0 Å². The molecule has 0 aliphatic carbocycles. The van der Waals surface area contributed by atoms with Crippen LogP contribution in [0.15, 0.2) is 15.7 Å². The molecule has 2 heterocycles. The van der Waals surface area contributed by atoms with Crippen LogP contribution >= 0.6 is 27.5 Å². The molecular formula is C7H6BrClN2. The van der Waals surface area contributed by atoms with E-state index in [1.54, 1.807) is 0 Å². The summed E-state index contributed by atoms with van der Waals surface area (Å²) in [6.45, 7) is 0.710. The van der Waals surface area contributed by atoms with Gasteiger partial charge in [0.25, 0.3) is 0 Å². The summed E-state index contributed by atoms with van der Waals surface area (Å²) in [5.74, 6) is 1.03. The molecule has 1 aromatic heterocycles. The minimum atomic E-state index is 0.710. The second kappa shape index (κ2) is 2.57. The van der Waals surface area contributed by atoms with Gasteiger partial charge in [-0.15, -0.1) is 0 Å². The molecule has 0 unspecified atom stereocenters. The lowest BCUT2D eigenvalue weighted by Crippen LogP contribution is -2.06. The van der Waals surface area contributed by atoms with Crippen molar-refractivity contribution >= 4 is 39.4 Å². The Kier molecular flexibility index (Phi) is 1.69. The van der Waals surface area contributed by atoms with E-state index in [0.29, 0.717) is 6.54 Å². The Balaban J connectivity index is 2.55. The molecule has 0 fully saturated rings. The first-order valence-corrected chi connectivity index (χ1v) is 4.41. The van der Waals surface area contributed by atoms with Crippen molar-refractivity contribution in [2.75, 3.05) is 11.9 Å². The van der Waals surface area contributed by atoms with Gasteiger partial charge in [-0.2, -0.15) is 0 Å². The van der Waals surface area contributed by atoms with Gasteiger partial charge in [-0.1, -0.05) is 11.6 Å². The molecule has 1 aliphatic rings. The van der Waals surface area contributed by atoms with Crippen LogP contribution in [0.1, 0.15) is 5.56 Å². The highest BCUT2D eigenvalue weighted by molar-refractivity contribution is 9.10. The third kappa shape index (κ3) is 1.19. The van der Waals surface area contributed by atoms with Crippen LogP contribution in [0.4, 0.5) is 5.82 Å². The number of hydrogen-bond acceptors (Lipinski definition) is 1. The van der Waals surface area contributed by atoms with Gasteiger partial charge in [0.05, 0.1) is 6.54 Å².